The number of benzene rings is 1. The van der Waals surface area contributed by atoms with Crippen molar-refractivity contribution in [2.75, 3.05) is 0 Å². The van der Waals surface area contributed by atoms with E-state index in [0.717, 1.165) is 0 Å². The van der Waals surface area contributed by atoms with Crippen LogP contribution in [0.25, 0.3) is 12.2 Å². The van der Waals surface area contributed by atoms with E-state index in [0.29, 0.717) is 0 Å². The molecule has 0 heterocycles. The van der Waals surface area contributed by atoms with Crippen LogP contribution in [0.2, 0.25) is 14.8 Å². The summed E-state index contributed by atoms with van der Waals surface area (Å²) in [6.45, 7) is 0. The quantitative estimate of drug-likeness (QED) is 0.642. The molecule has 2 rings (SSSR count). The monoisotopic (exact) mass is 268 g/mol. The van der Waals surface area contributed by atoms with Crippen molar-refractivity contribution in [2.24, 2.45) is 0 Å². The average molecular weight is 267 g/mol. The van der Waals surface area contributed by atoms with Gasteiger partial charge in [-0.2, -0.15) is 0 Å². The molecule has 1 aromatic carbocycles. The molecule has 12 heavy (non-hydrogen) atoms. The van der Waals surface area contributed by atoms with Crippen molar-refractivity contribution in [1.29, 1.82) is 0 Å². The molecular weight excluding hydrogens is 251 g/mol. The van der Waals surface area contributed by atoms with Gasteiger partial charge < -0.3 is 0 Å². The molecule has 0 unspecified atom stereocenters. The Kier molecular flexibility index (Phi) is 3.86. The Morgan fingerprint density at radius 3 is 1.33 bits per heavy atom. The van der Waals surface area contributed by atoms with E-state index < -0.39 is 19.8 Å². The normalized spacial score (nSPS) is 11.3. The summed E-state index contributed by atoms with van der Waals surface area (Å²) in [5, 5.41) is 0. The van der Waals surface area contributed by atoms with Crippen LogP contribution < -0.4 is 0 Å². The summed E-state index contributed by atoms with van der Waals surface area (Å²) in [4.78, 5) is 7.13. The van der Waals surface area contributed by atoms with Crippen molar-refractivity contribution in [3.63, 3.8) is 0 Å². The van der Waals surface area contributed by atoms with Crippen LogP contribution in [0.1, 0.15) is 11.1 Å². The minimum atomic E-state index is -0.637. The van der Waals surface area contributed by atoms with E-state index in [9.17, 15) is 0 Å². The van der Waals surface area contributed by atoms with Crippen molar-refractivity contribution in [3.05, 3.63) is 35.4 Å². The van der Waals surface area contributed by atoms with Crippen molar-refractivity contribution >= 4 is 31.9 Å². The number of fused-ring (bicyclic) bond motifs is 1. The van der Waals surface area contributed by atoms with Crippen molar-refractivity contribution in [1.82, 2.24) is 0 Å². The van der Waals surface area contributed by atoms with Gasteiger partial charge >= 0.3 is 34.6 Å². The molecule has 0 atom stereocenters. The van der Waals surface area contributed by atoms with Crippen molar-refractivity contribution in [2.45, 2.75) is 14.8 Å². The summed E-state index contributed by atoms with van der Waals surface area (Å²) < 4.78 is 0. The van der Waals surface area contributed by atoms with Gasteiger partial charge in [0.25, 0.3) is 0 Å². The van der Waals surface area contributed by atoms with Crippen LogP contribution in [0, 0.1) is 0 Å². The van der Waals surface area contributed by atoms with Crippen LogP contribution in [0.5, 0.6) is 0 Å². The second kappa shape index (κ2) is 4.70. The number of rotatable bonds is 0. The Hall–Kier alpha value is -0.241. The van der Waals surface area contributed by atoms with E-state index in [1.54, 1.807) is 0 Å². The first-order valence-electron chi connectivity index (χ1n) is 4.47. The first-order valence-corrected chi connectivity index (χ1v) is 14.4. The van der Waals surface area contributed by atoms with Gasteiger partial charge in [-0.3, -0.25) is 0 Å². The molecule has 1 aliphatic carbocycles. The zero-order valence-electron chi connectivity index (χ0n) is 8.04. The van der Waals surface area contributed by atoms with E-state index in [1.165, 1.54) is 11.1 Å². The predicted octanol–water partition coefficient (Wildman–Crippen LogP) is 3.27. The van der Waals surface area contributed by atoms with E-state index in [1.807, 2.05) is 0 Å². The van der Waals surface area contributed by atoms with Crippen LogP contribution in [0.3, 0.4) is 0 Å². The predicted molar refractivity (Wildman–Crippen MR) is 60.1 cm³/mol. The molecule has 0 spiro atoms. The summed E-state index contributed by atoms with van der Waals surface area (Å²) >= 11 is -0.637. The molecule has 0 radical (unpaired) electrons. The van der Waals surface area contributed by atoms with Gasteiger partial charge in [-0.15, -0.1) is 0 Å². The standard InChI is InChI=1S/C8H6.3CH3.Sn.H/c1-2-4-8-6-5-7(8)3-1;;;;;/h1-6H;3*1H3;;. The Morgan fingerprint density at radius 1 is 0.833 bits per heavy atom. The third-order valence-electron chi connectivity index (χ3n) is 1.44. The summed E-state index contributed by atoms with van der Waals surface area (Å²) in [7, 11) is 0. The second-order valence-electron chi connectivity index (χ2n) is 3.69. The van der Waals surface area contributed by atoms with Crippen LogP contribution in [0.15, 0.2) is 24.3 Å². The molecule has 0 aromatic heterocycles. The summed E-state index contributed by atoms with van der Waals surface area (Å²) in [5.74, 6) is 0. The molecule has 0 amide bonds. The number of hydrogen-bond donors (Lipinski definition) is 0. The summed E-state index contributed by atoms with van der Waals surface area (Å²) in [6, 6.07) is 8.36. The Labute approximate surface area is 82.0 Å². The molecule has 1 heteroatoms. The summed E-state index contributed by atoms with van der Waals surface area (Å²) in [5.41, 5.74) is 2.74. The molecule has 64 valence electrons. The van der Waals surface area contributed by atoms with E-state index >= 15 is 0 Å². The van der Waals surface area contributed by atoms with E-state index in [2.05, 4.69) is 51.2 Å². The molecule has 0 nitrogen and oxygen atoms in total. The third-order valence-corrected chi connectivity index (χ3v) is 1.44. The first-order chi connectivity index (χ1) is 5.70. The van der Waals surface area contributed by atoms with Crippen LogP contribution in [-0.2, 0) is 0 Å². The fourth-order valence-electron chi connectivity index (χ4n) is 0.898. The van der Waals surface area contributed by atoms with Gasteiger partial charge in [0.1, 0.15) is 0 Å². The third kappa shape index (κ3) is 3.01. The van der Waals surface area contributed by atoms with E-state index in [4.69, 9.17) is 0 Å². The molecule has 1 aliphatic rings. The molecule has 0 aliphatic heterocycles. The van der Waals surface area contributed by atoms with Gasteiger partial charge in [0.2, 0.25) is 0 Å². The topological polar surface area (TPSA) is 0 Å². The number of hydrogen-bond acceptors (Lipinski definition) is 0. The molecule has 0 saturated carbocycles. The summed E-state index contributed by atoms with van der Waals surface area (Å²) in [6.07, 6.45) is 4.24. The van der Waals surface area contributed by atoms with Crippen molar-refractivity contribution < 1.29 is 0 Å². The molecule has 0 fully saturated rings. The van der Waals surface area contributed by atoms with Crippen LogP contribution in [-0.4, -0.2) is 19.8 Å². The molecular formula is C11H16Sn. The molecule has 0 bridgehead atoms. The minimum absolute atomic E-state index is 0.637. The van der Waals surface area contributed by atoms with Gasteiger partial charge in [-0.05, 0) is 11.1 Å². The van der Waals surface area contributed by atoms with Gasteiger partial charge in [0.05, 0.1) is 0 Å². The van der Waals surface area contributed by atoms with Crippen molar-refractivity contribution in [3.8, 4) is 0 Å². The maximum absolute atomic E-state index is 2.38. The fourth-order valence-corrected chi connectivity index (χ4v) is 0.898. The Bertz CT molecular complexity index is 246. The zero-order chi connectivity index (χ0) is 8.97. The van der Waals surface area contributed by atoms with Gasteiger partial charge in [0, 0.05) is 0 Å². The zero-order valence-corrected chi connectivity index (χ0v) is 11.3. The van der Waals surface area contributed by atoms with Gasteiger partial charge in [-0.25, -0.2) is 0 Å². The first kappa shape index (κ1) is 9.84. The van der Waals surface area contributed by atoms with E-state index in [-0.39, 0.29) is 0 Å². The second-order valence-corrected chi connectivity index (χ2v) is 13.6. The Balaban J connectivity index is 0.000000157. The Morgan fingerprint density at radius 2 is 1.17 bits per heavy atom. The van der Waals surface area contributed by atoms with Gasteiger partial charge in [0.15, 0.2) is 0 Å². The molecule has 0 N–H and O–H groups in total. The maximum atomic E-state index is 2.38. The SMILES string of the molecule is C1=Cc2ccccc21.[CH3][SnH]([CH3])[CH3]. The molecule has 0 saturated heterocycles. The fraction of sp³-hybridized carbons (Fsp3) is 0.273. The molecule has 1 aromatic rings. The van der Waals surface area contributed by atoms with Gasteiger partial charge in [-0.1, -0.05) is 36.4 Å². The van der Waals surface area contributed by atoms with Crippen LogP contribution >= 0.6 is 0 Å². The average Bonchev–Trinajstić information content (AvgIpc) is 1.90. The van der Waals surface area contributed by atoms with Crippen LogP contribution in [0.4, 0.5) is 0 Å².